The van der Waals surface area contributed by atoms with E-state index in [-0.39, 0.29) is 12.4 Å². The molecular formula is C12H22ClN2O-. The number of likely N-dealkylation sites (tertiary alicyclic amines) is 1. The zero-order valence-corrected chi connectivity index (χ0v) is 10.8. The van der Waals surface area contributed by atoms with Crippen molar-refractivity contribution in [3.8, 4) is 0 Å². The number of piperidine rings is 2. The Hall–Kier alpha value is -0.280. The largest absolute Gasteiger partial charge is 1.00 e. The van der Waals surface area contributed by atoms with E-state index < -0.39 is 0 Å². The Morgan fingerprint density at radius 2 is 1.69 bits per heavy atom. The van der Waals surface area contributed by atoms with E-state index in [1.807, 2.05) is 0 Å². The molecule has 2 saturated heterocycles. The first-order valence-electron chi connectivity index (χ1n) is 6.27. The first-order chi connectivity index (χ1) is 7.27. The van der Waals surface area contributed by atoms with Crippen molar-refractivity contribution in [2.24, 2.45) is 11.8 Å². The Bertz CT molecular complexity index is 221. The van der Waals surface area contributed by atoms with Gasteiger partial charge in [-0.25, -0.2) is 0 Å². The van der Waals surface area contributed by atoms with Gasteiger partial charge in [-0.3, -0.25) is 4.79 Å². The quantitative estimate of drug-likeness (QED) is 0.594. The predicted molar refractivity (Wildman–Crippen MR) is 60.6 cm³/mol. The number of halogens is 1. The van der Waals surface area contributed by atoms with Crippen molar-refractivity contribution in [2.75, 3.05) is 26.2 Å². The second-order valence-corrected chi connectivity index (χ2v) is 5.03. The molecule has 0 spiro atoms. The highest BCUT2D eigenvalue weighted by Crippen LogP contribution is 2.21. The summed E-state index contributed by atoms with van der Waals surface area (Å²) in [6.45, 7) is 6.29. The van der Waals surface area contributed by atoms with E-state index in [1.165, 1.54) is 12.8 Å². The molecule has 0 aliphatic carbocycles. The van der Waals surface area contributed by atoms with Crippen molar-refractivity contribution in [3.05, 3.63) is 0 Å². The van der Waals surface area contributed by atoms with E-state index in [0.29, 0.717) is 11.8 Å². The van der Waals surface area contributed by atoms with Crippen LogP contribution in [0.2, 0.25) is 0 Å². The molecule has 2 heterocycles. The van der Waals surface area contributed by atoms with E-state index >= 15 is 0 Å². The van der Waals surface area contributed by atoms with E-state index in [4.69, 9.17) is 0 Å². The highest BCUT2D eigenvalue weighted by atomic mass is 35.5. The molecule has 0 bridgehead atoms. The van der Waals surface area contributed by atoms with Crippen LogP contribution < -0.4 is 17.7 Å². The maximum atomic E-state index is 12.2. The molecule has 2 aliphatic heterocycles. The molecule has 2 aliphatic rings. The van der Waals surface area contributed by atoms with Gasteiger partial charge < -0.3 is 22.6 Å². The molecule has 1 amide bonds. The maximum Gasteiger partial charge on any atom is 0.225 e. The summed E-state index contributed by atoms with van der Waals surface area (Å²) >= 11 is 0. The Kier molecular flexibility index (Phi) is 5.56. The van der Waals surface area contributed by atoms with Crippen LogP contribution in [0.3, 0.4) is 0 Å². The highest BCUT2D eigenvalue weighted by molar-refractivity contribution is 5.79. The molecule has 16 heavy (non-hydrogen) atoms. The minimum atomic E-state index is 0. The molecule has 0 atom stereocenters. The number of amides is 1. The van der Waals surface area contributed by atoms with Crippen LogP contribution in [0.1, 0.15) is 32.6 Å². The lowest BCUT2D eigenvalue weighted by atomic mass is 9.93. The minimum absolute atomic E-state index is 0. The Morgan fingerprint density at radius 3 is 2.25 bits per heavy atom. The standard InChI is InChI=1S/C12H22N2O.ClH/c1-10-4-8-14(9-5-10)12(15)11-2-6-13-7-3-11;/h10-11,13H,2-9H2,1H3;1H/p-1. The number of carbonyl (C=O) groups excluding carboxylic acids is 1. The second-order valence-electron chi connectivity index (χ2n) is 5.03. The monoisotopic (exact) mass is 245 g/mol. The van der Waals surface area contributed by atoms with Crippen molar-refractivity contribution in [1.82, 2.24) is 10.2 Å². The summed E-state index contributed by atoms with van der Waals surface area (Å²) in [7, 11) is 0. The van der Waals surface area contributed by atoms with Crippen molar-refractivity contribution in [3.63, 3.8) is 0 Å². The molecule has 0 aromatic rings. The fourth-order valence-electron chi connectivity index (χ4n) is 2.56. The lowest BCUT2D eigenvalue weighted by Gasteiger charge is -2.34. The molecule has 2 rings (SSSR count). The van der Waals surface area contributed by atoms with Crippen LogP contribution in [0, 0.1) is 11.8 Å². The number of nitrogens with one attached hydrogen (secondary N) is 1. The van der Waals surface area contributed by atoms with Gasteiger partial charge in [-0.1, -0.05) is 6.92 Å². The molecular weight excluding hydrogens is 224 g/mol. The van der Waals surface area contributed by atoms with Crippen molar-refractivity contribution >= 4 is 5.91 Å². The fraction of sp³-hybridized carbons (Fsp3) is 0.917. The van der Waals surface area contributed by atoms with Crippen LogP contribution in [0.5, 0.6) is 0 Å². The number of rotatable bonds is 1. The molecule has 0 unspecified atom stereocenters. The van der Waals surface area contributed by atoms with Gasteiger partial charge in [0.2, 0.25) is 5.91 Å². The number of carbonyl (C=O) groups is 1. The molecule has 0 radical (unpaired) electrons. The third-order valence-corrected chi connectivity index (χ3v) is 3.78. The lowest BCUT2D eigenvalue weighted by molar-refractivity contribution is -0.137. The molecule has 0 aromatic heterocycles. The Labute approximate surface area is 104 Å². The third kappa shape index (κ3) is 3.36. The van der Waals surface area contributed by atoms with Crippen LogP contribution in [0.15, 0.2) is 0 Å². The summed E-state index contributed by atoms with van der Waals surface area (Å²) in [6.07, 6.45) is 4.45. The van der Waals surface area contributed by atoms with Crippen LogP contribution in [0.25, 0.3) is 0 Å². The lowest BCUT2D eigenvalue weighted by Crippen LogP contribution is -3.00. The average Bonchev–Trinajstić information content (AvgIpc) is 2.30. The van der Waals surface area contributed by atoms with Gasteiger partial charge in [0.25, 0.3) is 0 Å². The zero-order chi connectivity index (χ0) is 10.7. The molecule has 3 nitrogen and oxygen atoms in total. The van der Waals surface area contributed by atoms with Gasteiger partial charge in [-0.15, -0.1) is 0 Å². The van der Waals surface area contributed by atoms with E-state index in [1.54, 1.807) is 0 Å². The molecule has 4 heteroatoms. The van der Waals surface area contributed by atoms with Gasteiger partial charge in [-0.2, -0.15) is 0 Å². The summed E-state index contributed by atoms with van der Waals surface area (Å²) in [5.41, 5.74) is 0. The molecule has 1 N–H and O–H groups in total. The summed E-state index contributed by atoms with van der Waals surface area (Å²) in [4.78, 5) is 14.3. The normalized spacial score (nSPS) is 23.9. The topological polar surface area (TPSA) is 32.3 Å². The first-order valence-corrected chi connectivity index (χ1v) is 6.27. The van der Waals surface area contributed by atoms with Crippen LogP contribution in [-0.4, -0.2) is 37.0 Å². The van der Waals surface area contributed by atoms with Gasteiger partial charge in [0.15, 0.2) is 0 Å². The zero-order valence-electron chi connectivity index (χ0n) is 10.0. The Balaban J connectivity index is 0.00000128. The van der Waals surface area contributed by atoms with Gasteiger partial charge in [0, 0.05) is 19.0 Å². The second kappa shape index (κ2) is 6.45. The summed E-state index contributed by atoms with van der Waals surface area (Å²) in [5.74, 6) is 1.53. The smallest absolute Gasteiger partial charge is 0.225 e. The van der Waals surface area contributed by atoms with Gasteiger partial charge in [0.05, 0.1) is 0 Å². The molecule has 0 aromatic carbocycles. The summed E-state index contributed by atoms with van der Waals surface area (Å²) in [5, 5.41) is 3.31. The average molecular weight is 246 g/mol. The predicted octanol–water partition coefficient (Wildman–Crippen LogP) is -1.75. The molecule has 94 valence electrons. The molecule has 2 fully saturated rings. The Morgan fingerprint density at radius 1 is 1.12 bits per heavy atom. The molecule has 0 saturated carbocycles. The fourth-order valence-corrected chi connectivity index (χ4v) is 2.56. The third-order valence-electron chi connectivity index (χ3n) is 3.78. The van der Waals surface area contributed by atoms with Crippen molar-refractivity contribution in [2.45, 2.75) is 32.6 Å². The SMILES string of the molecule is CC1CCN(C(=O)C2CCNCC2)CC1.[Cl-]. The maximum absolute atomic E-state index is 12.2. The van der Waals surface area contributed by atoms with Crippen LogP contribution in [0.4, 0.5) is 0 Å². The highest BCUT2D eigenvalue weighted by Gasteiger charge is 2.27. The van der Waals surface area contributed by atoms with Gasteiger partial charge >= 0.3 is 0 Å². The van der Waals surface area contributed by atoms with E-state index in [0.717, 1.165) is 44.9 Å². The van der Waals surface area contributed by atoms with Crippen molar-refractivity contribution in [1.29, 1.82) is 0 Å². The van der Waals surface area contributed by atoms with Crippen molar-refractivity contribution < 1.29 is 17.2 Å². The van der Waals surface area contributed by atoms with Gasteiger partial charge in [-0.05, 0) is 44.7 Å². The van der Waals surface area contributed by atoms with E-state index in [9.17, 15) is 4.79 Å². The number of hydrogen-bond acceptors (Lipinski definition) is 2. The number of hydrogen-bond donors (Lipinski definition) is 1. The first kappa shape index (κ1) is 13.8. The number of nitrogens with zero attached hydrogens (tertiary/aromatic N) is 1. The van der Waals surface area contributed by atoms with E-state index in [2.05, 4.69) is 17.1 Å². The summed E-state index contributed by atoms with van der Waals surface area (Å²) in [6, 6.07) is 0. The van der Waals surface area contributed by atoms with Crippen LogP contribution >= 0.6 is 0 Å². The minimum Gasteiger partial charge on any atom is -1.00 e. The summed E-state index contributed by atoms with van der Waals surface area (Å²) < 4.78 is 0. The van der Waals surface area contributed by atoms with Gasteiger partial charge in [0.1, 0.15) is 0 Å². The van der Waals surface area contributed by atoms with Crippen LogP contribution in [-0.2, 0) is 4.79 Å².